The summed E-state index contributed by atoms with van der Waals surface area (Å²) in [5.74, 6) is -0.764. The average Bonchev–Trinajstić information content (AvgIpc) is 3.55. The van der Waals surface area contributed by atoms with Gasteiger partial charge in [-0.2, -0.15) is 5.10 Å². The molecule has 1 unspecified atom stereocenters. The highest BCUT2D eigenvalue weighted by molar-refractivity contribution is 6.44. The van der Waals surface area contributed by atoms with Crippen molar-refractivity contribution >= 4 is 40.3 Å². The number of anilines is 2. The molecule has 0 bridgehead atoms. The number of carbonyl (C=O) groups is 3. The number of aliphatic hydroxyl groups is 1. The Balaban J connectivity index is 1.74. The van der Waals surface area contributed by atoms with Crippen molar-refractivity contribution in [3.05, 3.63) is 40.7 Å². The van der Waals surface area contributed by atoms with Crippen molar-refractivity contribution in [2.75, 3.05) is 23.3 Å². The highest BCUT2D eigenvalue weighted by Gasteiger charge is 2.45. The van der Waals surface area contributed by atoms with Crippen LogP contribution in [-0.4, -0.2) is 52.6 Å². The van der Waals surface area contributed by atoms with Crippen molar-refractivity contribution in [2.24, 2.45) is 16.4 Å². The van der Waals surface area contributed by atoms with Crippen LogP contribution in [0.3, 0.4) is 0 Å². The Hall–Kier alpha value is -3.42. The number of nitrogens with zero attached hydrogens (tertiary/aromatic N) is 3. The van der Waals surface area contributed by atoms with E-state index >= 15 is 0 Å². The first-order valence-corrected chi connectivity index (χ1v) is 14.3. The maximum Gasteiger partial charge on any atom is 0.277 e. The second kappa shape index (κ2) is 11.0. The molecule has 1 aromatic carbocycles. The summed E-state index contributed by atoms with van der Waals surface area (Å²) in [7, 11) is 0. The molecule has 1 aromatic rings. The van der Waals surface area contributed by atoms with E-state index in [9.17, 15) is 19.5 Å². The number of hydrazone groups is 1. The van der Waals surface area contributed by atoms with Crippen LogP contribution in [0, 0.1) is 11.3 Å². The average molecular weight is 535 g/mol. The van der Waals surface area contributed by atoms with E-state index in [0.29, 0.717) is 29.3 Å². The first kappa shape index (κ1) is 28.6. The Kier molecular flexibility index (Phi) is 8.05. The molecule has 2 aliphatic carbocycles. The third-order valence-corrected chi connectivity index (χ3v) is 8.83. The summed E-state index contributed by atoms with van der Waals surface area (Å²) in [6.45, 7) is 15.1. The summed E-state index contributed by atoms with van der Waals surface area (Å²) in [5.41, 5.74) is 1.92. The number of hydrogen-bond donors (Lipinski definition) is 2. The highest BCUT2D eigenvalue weighted by Crippen LogP contribution is 2.44. The van der Waals surface area contributed by atoms with Crippen molar-refractivity contribution < 1.29 is 19.5 Å². The zero-order valence-corrected chi connectivity index (χ0v) is 24.4. The van der Waals surface area contributed by atoms with Gasteiger partial charge in [0.15, 0.2) is 0 Å². The number of ketones is 1. The summed E-state index contributed by atoms with van der Waals surface area (Å²) in [5, 5.41) is 20.2. The molecule has 1 atom stereocenters. The van der Waals surface area contributed by atoms with Gasteiger partial charge in [-0.3, -0.25) is 14.4 Å². The predicted molar refractivity (Wildman–Crippen MR) is 156 cm³/mol. The standard InChI is InChI=1S/C31H42N4O4/c1-8-31(6,7)30(39)32-23-17-21(34(9-2)10-3)15-16-22(23)25-27(36)26(28(25)37)24-18(4)33-35(29(24)38)19(5)20-13-11-12-14-20/h15-17,19-20,36H,8-14H2,1-7H3,(H,32,39). The number of hydrogen-bond acceptors (Lipinski definition) is 6. The van der Waals surface area contributed by atoms with Crippen molar-refractivity contribution in [3.63, 3.8) is 0 Å². The molecule has 2 N–H and O–H groups in total. The summed E-state index contributed by atoms with van der Waals surface area (Å²) >= 11 is 0. The second-order valence-corrected chi connectivity index (χ2v) is 11.5. The lowest BCUT2D eigenvalue weighted by molar-refractivity contribution is -0.129. The molecule has 1 fully saturated rings. The number of allylic oxidation sites excluding steroid dienone is 2. The molecule has 1 aliphatic heterocycles. The lowest BCUT2D eigenvalue weighted by atomic mass is 9.79. The Morgan fingerprint density at radius 1 is 1.13 bits per heavy atom. The van der Waals surface area contributed by atoms with Gasteiger partial charge in [0.25, 0.3) is 5.91 Å². The number of benzene rings is 1. The van der Waals surface area contributed by atoms with Crippen molar-refractivity contribution in [1.29, 1.82) is 0 Å². The number of nitrogens with one attached hydrogen (secondary N) is 1. The van der Waals surface area contributed by atoms with Gasteiger partial charge in [-0.05, 0) is 71.1 Å². The molecule has 1 heterocycles. The van der Waals surface area contributed by atoms with Crippen LogP contribution in [0.15, 0.2) is 40.2 Å². The topological polar surface area (TPSA) is 102 Å². The Labute approximate surface area is 231 Å². The van der Waals surface area contributed by atoms with Gasteiger partial charge < -0.3 is 15.3 Å². The van der Waals surface area contributed by atoms with Gasteiger partial charge in [-0.15, -0.1) is 0 Å². The van der Waals surface area contributed by atoms with Gasteiger partial charge in [0, 0.05) is 29.8 Å². The van der Waals surface area contributed by atoms with E-state index in [2.05, 4.69) is 29.2 Å². The third kappa shape index (κ3) is 5.01. The van der Waals surface area contributed by atoms with Crippen LogP contribution in [0.2, 0.25) is 0 Å². The zero-order chi connectivity index (χ0) is 28.6. The Morgan fingerprint density at radius 2 is 1.77 bits per heavy atom. The summed E-state index contributed by atoms with van der Waals surface area (Å²) in [6, 6.07) is 5.44. The summed E-state index contributed by atoms with van der Waals surface area (Å²) in [4.78, 5) is 42.3. The first-order chi connectivity index (χ1) is 18.5. The first-order valence-electron chi connectivity index (χ1n) is 14.3. The predicted octanol–water partition coefficient (Wildman–Crippen LogP) is 5.85. The van der Waals surface area contributed by atoms with Crippen LogP contribution in [0.25, 0.3) is 5.57 Å². The molecule has 2 amide bonds. The molecule has 4 rings (SSSR count). The molecule has 0 radical (unpaired) electrons. The van der Waals surface area contributed by atoms with Crippen LogP contribution >= 0.6 is 0 Å². The molecule has 210 valence electrons. The largest absolute Gasteiger partial charge is 0.506 e. The number of rotatable bonds is 9. The fourth-order valence-electron chi connectivity index (χ4n) is 5.71. The van der Waals surface area contributed by atoms with E-state index < -0.39 is 11.2 Å². The number of aliphatic hydroxyl groups excluding tert-OH is 1. The molecule has 1 saturated carbocycles. The molecule has 8 nitrogen and oxygen atoms in total. The minimum atomic E-state index is -0.612. The minimum absolute atomic E-state index is 0.0105. The van der Waals surface area contributed by atoms with Gasteiger partial charge in [0.05, 0.1) is 34.2 Å². The van der Waals surface area contributed by atoms with Crippen molar-refractivity contribution in [3.8, 4) is 0 Å². The monoisotopic (exact) mass is 534 g/mol. The Morgan fingerprint density at radius 3 is 2.33 bits per heavy atom. The molecule has 3 aliphatic rings. The maximum atomic E-state index is 13.6. The third-order valence-electron chi connectivity index (χ3n) is 8.83. The Bertz CT molecular complexity index is 1280. The lowest BCUT2D eigenvalue weighted by Gasteiger charge is -2.29. The van der Waals surface area contributed by atoms with Crippen molar-refractivity contribution in [2.45, 2.75) is 86.6 Å². The van der Waals surface area contributed by atoms with E-state index in [4.69, 9.17) is 0 Å². The fourth-order valence-corrected chi connectivity index (χ4v) is 5.71. The molecule has 39 heavy (non-hydrogen) atoms. The van der Waals surface area contributed by atoms with E-state index in [1.54, 1.807) is 13.0 Å². The molecular weight excluding hydrogens is 492 g/mol. The van der Waals surface area contributed by atoms with Gasteiger partial charge in [-0.25, -0.2) is 5.01 Å². The van der Waals surface area contributed by atoms with E-state index in [0.717, 1.165) is 44.5 Å². The zero-order valence-electron chi connectivity index (χ0n) is 24.4. The van der Waals surface area contributed by atoms with Gasteiger partial charge in [0.2, 0.25) is 11.7 Å². The van der Waals surface area contributed by atoms with E-state index in [-0.39, 0.29) is 40.3 Å². The van der Waals surface area contributed by atoms with E-state index in [1.165, 1.54) is 5.01 Å². The quantitative estimate of drug-likeness (QED) is 0.387. The lowest BCUT2D eigenvalue weighted by Crippen LogP contribution is -2.37. The number of Topliss-reactive ketones (excluding diaryl/α,β-unsaturated/α-hetero) is 1. The molecule has 0 saturated heterocycles. The minimum Gasteiger partial charge on any atom is -0.506 e. The normalized spacial score (nSPS) is 20.9. The smallest absolute Gasteiger partial charge is 0.277 e. The summed E-state index contributed by atoms with van der Waals surface area (Å²) < 4.78 is 0. The molecule has 8 heteroatoms. The number of amides is 2. The highest BCUT2D eigenvalue weighted by atomic mass is 16.3. The van der Waals surface area contributed by atoms with Gasteiger partial charge >= 0.3 is 0 Å². The van der Waals surface area contributed by atoms with E-state index in [1.807, 2.05) is 39.8 Å². The fraction of sp³-hybridized carbons (Fsp3) is 0.548. The van der Waals surface area contributed by atoms with Crippen molar-refractivity contribution in [1.82, 2.24) is 5.01 Å². The van der Waals surface area contributed by atoms with Crippen LogP contribution in [0.1, 0.15) is 86.1 Å². The maximum absolute atomic E-state index is 13.6. The number of carbonyl (C=O) groups excluding carboxylic acids is 3. The van der Waals surface area contributed by atoms with Gasteiger partial charge in [-0.1, -0.05) is 33.6 Å². The summed E-state index contributed by atoms with van der Waals surface area (Å²) in [6.07, 6.45) is 5.07. The van der Waals surface area contributed by atoms with Gasteiger partial charge in [0.1, 0.15) is 5.76 Å². The van der Waals surface area contributed by atoms with Crippen LogP contribution in [-0.2, 0) is 14.4 Å². The van der Waals surface area contributed by atoms with Crippen LogP contribution < -0.4 is 10.2 Å². The van der Waals surface area contributed by atoms with Crippen LogP contribution in [0.5, 0.6) is 0 Å². The molecule has 0 spiro atoms. The second-order valence-electron chi connectivity index (χ2n) is 11.5. The van der Waals surface area contributed by atoms with Crippen LogP contribution in [0.4, 0.5) is 11.4 Å². The SMILES string of the molecule is CCN(CC)c1ccc(C2=C(O)C(=C3C(=O)N(C(C)C4CCCC4)N=C3C)C2=O)c(NC(=O)C(C)(C)CC)c1. The molecule has 0 aromatic heterocycles. The molecular formula is C31H42N4O4.